The molecule has 3 heterocycles. The number of nitrogens with zero attached hydrogens (tertiary/aromatic N) is 5. The van der Waals surface area contributed by atoms with E-state index >= 15 is 0 Å². The maximum Gasteiger partial charge on any atom is 0.252 e. The number of aliphatic hydroxyl groups excluding tert-OH is 1. The summed E-state index contributed by atoms with van der Waals surface area (Å²) in [6.07, 6.45) is 2.07. The Kier molecular flexibility index (Phi) is 8.39. The van der Waals surface area contributed by atoms with E-state index < -0.39 is 16.1 Å². The number of carbonyl (C=O) groups excluding carboxylic acids is 1. The number of hydrogen-bond acceptors (Lipinski definition) is 8. The maximum absolute atomic E-state index is 12.9. The summed E-state index contributed by atoms with van der Waals surface area (Å²) in [6.45, 7) is 4.83. The van der Waals surface area contributed by atoms with E-state index in [-0.39, 0.29) is 41.8 Å². The van der Waals surface area contributed by atoms with Crippen molar-refractivity contribution >= 4 is 27.3 Å². The molecule has 3 rings (SSSR count). The van der Waals surface area contributed by atoms with Crippen LogP contribution in [0.3, 0.4) is 0 Å². The molecule has 0 fully saturated rings. The number of thiophene rings is 1. The fourth-order valence-electron chi connectivity index (χ4n) is 3.66. The van der Waals surface area contributed by atoms with Gasteiger partial charge < -0.3 is 14.7 Å². The molecule has 1 aliphatic rings. The molecule has 0 spiro atoms. The Morgan fingerprint density at radius 3 is 2.91 bits per heavy atom. The number of aromatic nitrogens is 3. The van der Waals surface area contributed by atoms with Crippen LogP contribution in [-0.2, 0) is 32.7 Å². The largest absolute Gasteiger partial charge is 0.394 e. The van der Waals surface area contributed by atoms with Gasteiger partial charge in [-0.15, -0.1) is 16.4 Å². The minimum atomic E-state index is -3.64. The summed E-state index contributed by atoms with van der Waals surface area (Å²) < 4.78 is 35.3. The van der Waals surface area contributed by atoms with E-state index in [0.717, 1.165) is 5.69 Å². The Bertz CT molecular complexity index is 978. The molecule has 2 aromatic heterocycles. The van der Waals surface area contributed by atoms with Crippen LogP contribution >= 0.6 is 11.3 Å². The van der Waals surface area contributed by atoms with Gasteiger partial charge in [-0.3, -0.25) is 4.79 Å². The second-order valence-corrected chi connectivity index (χ2v) is 11.4. The van der Waals surface area contributed by atoms with Gasteiger partial charge in [-0.1, -0.05) is 18.2 Å². The van der Waals surface area contributed by atoms with Crippen LogP contribution in [0.5, 0.6) is 0 Å². The topological polar surface area (TPSA) is 118 Å². The second kappa shape index (κ2) is 10.8. The van der Waals surface area contributed by atoms with Gasteiger partial charge in [0.05, 0.1) is 37.3 Å². The molecule has 0 radical (unpaired) electrons. The van der Waals surface area contributed by atoms with E-state index in [9.17, 15) is 18.3 Å². The van der Waals surface area contributed by atoms with Crippen molar-refractivity contribution in [2.75, 3.05) is 26.7 Å². The monoisotopic (exact) mass is 485 g/mol. The van der Waals surface area contributed by atoms with Crippen molar-refractivity contribution in [1.29, 1.82) is 0 Å². The normalized spacial score (nSPS) is 22.3. The summed E-state index contributed by atoms with van der Waals surface area (Å²) >= 11 is 1.17. The zero-order valence-electron chi connectivity index (χ0n) is 18.6. The molecule has 1 aliphatic heterocycles. The molecule has 0 aromatic carbocycles. The SMILES string of the molecule is C[C@H]1CN([C@@H](C)CO)C(=O)CCCn2nncc2CO[C@@H]1CN(C)S(=O)(=O)c1cccs1. The molecule has 32 heavy (non-hydrogen) atoms. The number of rotatable bonds is 6. The first-order valence-electron chi connectivity index (χ1n) is 10.6. The van der Waals surface area contributed by atoms with Gasteiger partial charge in [0, 0.05) is 39.0 Å². The Morgan fingerprint density at radius 2 is 2.22 bits per heavy atom. The molecule has 178 valence electrons. The summed E-state index contributed by atoms with van der Waals surface area (Å²) in [5.74, 6) is -0.239. The lowest BCUT2D eigenvalue weighted by atomic mass is 10.0. The van der Waals surface area contributed by atoms with Gasteiger partial charge in [-0.2, -0.15) is 4.31 Å². The van der Waals surface area contributed by atoms with E-state index in [4.69, 9.17) is 4.74 Å². The maximum atomic E-state index is 12.9. The molecule has 0 unspecified atom stereocenters. The summed E-state index contributed by atoms with van der Waals surface area (Å²) in [7, 11) is -2.11. The fraction of sp³-hybridized carbons (Fsp3) is 0.650. The minimum Gasteiger partial charge on any atom is -0.394 e. The predicted molar refractivity (Wildman–Crippen MR) is 119 cm³/mol. The lowest BCUT2D eigenvalue weighted by molar-refractivity contribution is -0.136. The van der Waals surface area contributed by atoms with Gasteiger partial charge >= 0.3 is 0 Å². The summed E-state index contributed by atoms with van der Waals surface area (Å²) in [6, 6.07) is 2.94. The van der Waals surface area contributed by atoms with Crippen molar-refractivity contribution in [3.8, 4) is 0 Å². The van der Waals surface area contributed by atoms with Gasteiger partial charge in [0.1, 0.15) is 4.21 Å². The average molecular weight is 486 g/mol. The average Bonchev–Trinajstić information content (AvgIpc) is 3.45. The van der Waals surface area contributed by atoms with Crippen LogP contribution in [0, 0.1) is 5.92 Å². The molecule has 10 nitrogen and oxygen atoms in total. The van der Waals surface area contributed by atoms with Crippen LogP contribution in [0.15, 0.2) is 27.9 Å². The van der Waals surface area contributed by atoms with Crippen molar-refractivity contribution in [2.24, 2.45) is 5.92 Å². The molecule has 1 N–H and O–H groups in total. The fourth-order valence-corrected chi connectivity index (χ4v) is 6.05. The van der Waals surface area contributed by atoms with Crippen molar-refractivity contribution in [3.63, 3.8) is 0 Å². The first-order valence-corrected chi connectivity index (χ1v) is 12.9. The Balaban J connectivity index is 1.86. The van der Waals surface area contributed by atoms with Crippen LogP contribution in [0.1, 0.15) is 32.4 Å². The molecule has 1 amide bonds. The van der Waals surface area contributed by atoms with Crippen LogP contribution in [0.2, 0.25) is 0 Å². The van der Waals surface area contributed by atoms with Gasteiger partial charge in [0.25, 0.3) is 10.0 Å². The van der Waals surface area contributed by atoms with Crippen LogP contribution < -0.4 is 0 Å². The van der Waals surface area contributed by atoms with Crippen molar-refractivity contribution in [1.82, 2.24) is 24.2 Å². The quantitative estimate of drug-likeness (QED) is 0.653. The van der Waals surface area contributed by atoms with Crippen LogP contribution in [0.4, 0.5) is 0 Å². The number of aryl methyl sites for hydroxylation is 1. The van der Waals surface area contributed by atoms with Gasteiger partial charge in [-0.25, -0.2) is 13.1 Å². The highest BCUT2D eigenvalue weighted by Gasteiger charge is 2.31. The Labute approximate surface area is 192 Å². The lowest BCUT2D eigenvalue weighted by Crippen LogP contribution is -2.47. The molecule has 3 atom stereocenters. The molecule has 12 heteroatoms. The number of ether oxygens (including phenoxy) is 1. The van der Waals surface area contributed by atoms with E-state index in [1.165, 1.54) is 22.7 Å². The Hall–Kier alpha value is -1.86. The smallest absolute Gasteiger partial charge is 0.252 e. The molecule has 0 aliphatic carbocycles. The number of fused-ring (bicyclic) bond motifs is 1. The summed E-state index contributed by atoms with van der Waals surface area (Å²) in [5.41, 5.74) is 0.777. The molecule has 0 saturated heterocycles. The van der Waals surface area contributed by atoms with Crippen LogP contribution in [0.25, 0.3) is 0 Å². The van der Waals surface area contributed by atoms with Crippen molar-refractivity contribution < 1.29 is 23.1 Å². The zero-order valence-corrected chi connectivity index (χ0v) is 20.3. The highest BCUT2D eigenvalue weighted by molar-refractivity contribution is 7.91. The van der Waals surface area contributed by atoms with Gasteiger partial charge in [0.2, 0.25) is 5.91 Å². The molecule has 0 saturated carbocycles. The van der Waals surface area contributed by atoms with Gasteiger partial charge in [-0.05, 0) is 24.8 Å². The van der Waals surface area contributed by atoms with Gasteiger partial charge in [0.15, 0.2) is 0 Å². The zero-order chi connectivity index (χ0) is 23.3. The van der Waals surface area contributed by atoms with Crippen LogP contribution in [-0.4, -0.2) is 82.5 Å². The summed E-state index contributed by atoms with van der Waals surface area (Å²) in [4.78, 5) is 14.6. The molecular formula is C20H31N5O5S2. The molecule has 0 bridgehead atoms. The number of aliphatic hydroxyl groups is 1. The first kappa shape index (κ1) is 24.8. The predicted octanol–water partition coefficient (Wildman–Crippen LogP) is 1.18. The lowest BCUT2D eigenvalue weighted by Gasteiger charge is -2.35. The third-order valence-electron chi connectivity index (χ3n) is 5.74. The van der Waals surface area contributed by atoms with Crippen molar-refractivity contribution in [3.05, 3.63) is 29.4 Å². The van der Waals surface area contributed by atoms with E-state index in [2.05, 4.69) is 10.3 Å². The number of likely N-dealkylation sites (N-methyl/N-ethyl adjacent to an activating group) is 1. The molecule has 2 aromatic rings. The number of amides is 1. The summed E-state index contributed by atoms with van der Waals surface area (Å²) in [5, 5.41) is 19.4. The number of hydrogen-bond donors (Lipinski definition) is 1. The van der Waals surface area contributed by atoms with E-state index in [1.807, 2.05) is 6.92 Å². The molecular weight excluding hydrogens is 454 g/mol. The number of sulfonamides is 1. The second-order valence-electron chi connectivity index (χ2n) is 8.17. The highest BCUT2D eigenvalue weighted by Crippen LogP contribution is 2.23. The van der Waals surface area contributed by atoms with E-state index in [0.29, 0.717) is 25.9 Å². The Morgan fingerprint density at radius 1 is 1.44 bits per heavy atom. The third-order valence-corrected chi connectivity index (χ3v) is 8.93. The van der Waals surface area contributed by atoms with E-state index in [1.54, 1.807) is 40.2 Å². The first-order chi connectivity index (χ1) is 15.2. The third kappa shape index (κ3) is 5.73. The van der Waals surface area contributed by atoms with Crippen molar-refractivity contribution in [2.45, 2.75) is 56.2 Å². The minimum absolute atomic E-state index is 0.0565. The standard InChI is InChI=1S/C20H31N5O5S2/c1-15-11-24(16(2)13-26)19(27)6-4-8-25-17(10-21-22-25)14-30-18(15)12-23(3)32(28,29)20-7-5-9-31-20/h5,7,9-10,15-16,18,26H,4,6,8,11-14H2,1-3H3/t15-,16-,18+/m0/s1. The number of carbonyl (C=O) groups is 1. The highest BCUT2D eigenvalue weighted by atomic mass is 32.2.